The maximum Gasteiger partial charge on any atom is 0.416 e. The van der Waals surface area contributed by atoms with Crippen LogP contribution in [0, 0.1) is 0 Å². The number of alkyl halides is 3. The minimum absolute atomic E-state index is 0. The molecular formula is C13H19ClF3NO2. The summed E-state index contributed by atoms with van der Waals surface area (Å²) in [6.07, 6.45) is -4.11. The highest BCUT2D eigenvalue weighted by atomic mass is 35.5. The van der Waals surface area contributed by atoms with Crippen molar-refractivity contribution in [3.63, 3.8) is 0 Å². The molecule has 20 heavy (non-hydrogen) atoms. The topological polar surface area (TPSA) is 41.5 Å². The first-order chi connectivity index (χ1) is 8.89. The molecule has 0 saturated heterocycles. The lowest BCUT2D eigenvalue weighted by Crippen LogP contribution is -2.26. The van der Waals surface area contributed by atoms with E-state index in [0.717, 1.165) is 12.1 Å². The molecule has 3 nitrogen and oxygen atoms in total. The summed E-state index contributed by atoms with van der Waals surface area (Å²) in [5.74, 6) is 0.213. The van der Waals surface area contributed by atoms with E-state index in [1.165, 1.54) is 12.1 Å². The third-order valence-electron chi connectivity index (χ3n) is 2.37. The number of aliphatic hydroxyl groups excluding tert-OH is 1. The van der Waals surface area contributed by atoms with Crippen LogP contribution in [0.25, 0.3) is 0 Å². The monoisotopic (exact) mass is 313 g/mol. The Kier molecular flexibility index (Phi) is 8.60. The smallest absolute Gasteiger partial charge is 0.416 e. The third-order valence-corrected chi connectivity index (χ3v) is 2.37. The van der Waals surface area contributed by atoms with Crippen LogP contribution in [0.5, 0.6) is 5.75 Å². The summed E-state index contributed by atoms with van der Waals surface area (Å²) in [6.45, 7) is 3.13. The second kappa shape index (κ2) is 9.05. The van der Waals surface area contributed by atoms with Gasteiger partial charge < -0.3 is 15.2 Å². The standard InChI is InChI=1S/C13H18F3NO2.ClH/c1-10(18)9-17-6-3-7-19-12-5-2-4-11(8-12)13(14,15)16;/h2,4-5,8,10,17-18H,3,6-7,9H2,1H3;1H. The molecule has 1 unspecified atom stereocenters. The lowest BCUT2D eigenvalue weighted by atomic mass is 10.2. The average Bonchev–Trinajstić information content (AvgIpc) is 2.32. The number of nitrogens with one attached hydrogen (secondary N) is 1. The maximum absolute atomic E-state index is 12.4. The molecule has 1 atom stereocenters. The number of ether oxygens (including phenoxy) is 1. The van der Waals surface area contributed by atoms with E-state index in [2.05, 4.69) is 5.32 Å². The zero-order valence-corrected chi connectivity index (χ0v) is 11.9. The van der Waals surface area contributed by atoms with Gasteiger partial charge in [-0.3, -0.25) is 0 Å². The van der Waals surface area contributed by atoms with Gasteiger partial charge in [0, 0.05) is 6.54 Å². The molecule has 7 heteroatoms. The first-order valence-electron chi connectivity index (χ1n) is 6.08. The van der Waals surface area contributed by atoms with Gasteiger partial charge in [0.05, 0.1) is 18.3 Å². The van der Waals surface area contributed by atoms with Crippen LogP contribution in [0.3, 0.4) is 0 Å². The Morgan fingerprint density at radius 2 is 2.05 bits per heavy atom. The van der Waals surface area contributed by atoms with E-state index in [1.54, 1.807) is 6.92 Å². The van der Waals surface area contributed by atoms with E-state index in [4.69, 9.17) is 9.84 Å². The van der Waals surface area contributed by atoms with Crippen molar-refractivity contribution in [2.24, 2.45) is 0 Å². The van der Waals surface area contributed by atoms with Crippen molar-refractivity contribution >= 4 is 12.4 Å². The largest absolute Gasteiger partial charge is 0.494 e. The van der Waals surface area contributed by atoms with Gasteiger partial charge in [0.1, 0.15) is 5.75 Å². The Hall–Kier alpha value is -0.980. The first kappa shape index (κ1) is 19.0. The Morgan fingerprint density at radius 3 is 2.65 bits per heavy atom. The molecular weight excluding hydrogens is 295 g/mol. The highest BCUT2D eigenvalue weighted by Crippen LogP contribution is 2.31. The number of hydrogen-bond donors (Lipinski definition) is 2. The SMILES string of the molecule is CC(O)CNCCCOc1cccc(C(F)(F)F)c1.Cl. The molecule has 2 N–H and O–H groups in total. The predicted octanol–water partition coefficient (Wildman–Crippen LogP) is 2.87. The minimum Gasteiger partial charge on any atom is -0.494 e. The van der Waals surface area contributed by atoms with Crippen LogP contribution in [0.2, 0.25) is 0 Å². The molecule has 0 aliphatic carbocycles. The Labute approximate surface area is 122 Å². The summed E-state index contributed by atoms with van der Waals surface area (Å²) in [5, 5.41) is 12.0. The van der Waals surface area contributed by atoms with Crippen molar-refractivity contribution in [2.75, 3.05) is 19.7 Å². The van der Waals surface area contributed by atoms with Crippen molar-refractivity contribution < 1.29 is 23.0 Å². The maximum atomic E-state index is 12.4. The Morgan fingerprint density at radius 1 is 1.35 bits per heavy atom. The minimum atomic E-state index is -4.35. The Balaban J connectivity index is 0.00000361. The van der Waals surface area contributed by atoms with E-state index in [-0.39, 0.29) is 18.2 Å². The lowest BCUT2D eigenvalue weighted by molar-refractivity contribution is -0.137. The van der Waals surface area contributed by atoms with E-state index in [0.29, 0.717) is 26.1 Å². The third kappa shape index (κ3) is 7.57. The van der Waals surface area contributed by atoms with Crippen LogP contribution in [0.4, 0.5) is 13.2 Å². The van der Waals surface area contributed by atoms with Crippen molar-refractivity contribution in [1.82, 2.24) is 5.32 Å². The molecule has 0 fully saturated rings. The van der Waals surface area contributed by atoms with Crippen LogP contribution < -0.4 is 10.1 Å². The van der Waals surface area contributed by atoms with Gasteiger partial charge in [0.15, 0.2) is 0 Å². The highest BCUT2D eigenvalue weighted by molar-refractivity contribution is 5.85. The van der Waals surface area contributed by atoms with E-state index in [9.17, 15) is 13.2 Å². The number of aliphatic hydroxyl groups is 1. The summed E-state index contributed by atoms with van der Waals surface area (Å²) in [5.41, 5.74) is -0.711. The summed E-state index contributed by atoms with van der Waals surface area (Å²) < 4.78 is 42.6. The van der Waals surface area contributed by atoms with Gasteiger partial charge in [-0.1, -0.05) is 6.07 Å². The fourth-order valence-electron chi connectivity index (χ4n) is 1.46. The van der Waals surface area contributed by atoms with Gasteiger partial charge in [-0.05, 0) is 38.1 Å². The van der Waals surface area contributed by atoms with Crippen molar-refractivity contribution in [3.8, 4) is 5.75 Å². The van der Waals surface area contributed by atoms with Crippen LogP contribution in [-0.2, 0) is 6.18 Å². The summed E-state index contributed by atoms with van der Waals surface area (Å²) in [6, 6.07) is 4.82. The highest BCUT2D eigenvalue weighted by Gasteiger charge is 2.30. The molecule has 0 radical (unpaired) electrons. The molecule has 0 aromatic heterocycles. The van der Waals surface area contributed by atoms with Crippen LogP contribution >= 0.6 is 12.4 Å². The van der Waals surface area contributed by atoms with Gasteiger partial charge in [0.25, 0.3) is 0 Å². The van der Waals surface area contributed by atoms with Gasteiger partial charge in [0.2, 0.25) is 0 Å². The quantitative estimate of drug-likeness (QED) is 0.761. The molecule has 0 aliphatic heterocycles. The summed E-state index contributed by atoms with van der Waals surface area (Å²) in [7, 11) is 0. The molecule has 0 heterocycles. The molecule has 1 rings (SSSR count). The van der Waals surface area contributed by atoms with Crippen molar-refractivity contribution in [2.45, 2.75) is 25.6 Å². The van der Waals surface area contributed by atoms with Crippen LogP contribution in [0.1, 0.15) is 18.9 Å². The molecule has 0 saturated carbocycles. The fourth-order valence-corrected chi connectivity index (χ4v) is 1.46. The van der Waals surface area contributed by atoms with Gasteiger partial charge >= 0.3 is 6.18 Å². The molecule has 1 aromatic rings. The van der Waals surface area contributed by atoms with E-state index >= 15 is 0 Å². The molecule has 0 aliphatic rings. The molecule has 0 spiro atoms. The number of hydrogen-bond acceptors (Lipinski definition) is 3. The fraction of sp³-hybridized carbons (Fsp3) is 0.538. The molecule has 1 aromatic carbocycles. The zero-order valence-electron chi connectivity index (χ0n) is 11.1. The normalized spacial score (nSPS) is 12.7. The second-order valence-corrected chi connectivity index (χ2v) is 4.28. The number of benzene rings is 1. The second-order valence-electron chi connectivity index (χ2n) is 4.28. The van der Waals surface area contributed by atoms with E-state index < -0.39 is 17.8 Å². The lowest BCUT2D eigenvalue weighted by Gasteiger charge is -2.10. The summed E-state index contributed by atoms with van der Waals surface area (Å²) >= 11 is 0. The van der Waals surface area contributed by atoms with Crippen molar-refractivity contribution in [1.29, 1.82) is 0 Å². The van der Waals surface area contributed by atoms with E-state index in [1.807, 2.05) is 0 Å². The van der Waals surface area contributed by atoms with Crippen LogP contribution in [0.15, 0.2) is 24.3 Å². The summed E-state index contributed by atoms with van der Waals surface area (Å²) in [4.78, 5) is 0. The van der Waals surface area contributed by atoms with Gasteiger partial charge in [-0.25, -0.2) is 0 Å². The number of halogens is 4. The van der Waals surface area contributed by atoms with Crippen LogP contribution in [-0.4, -0.2) is 30.9 Å². The average molecular weight is 314 g/mol. The van der Waals surface area contributed by atoms with Gasteiger partial charge in [-0.15, -0.1) is 12.4 Å². The van der Waals surface area contributed by atoms with Crippen molar-refractivity contribution in [3.05, 3.63) is 29.8 Å². The zero-order chi connectivity index (χ0) is 14.3. The molecule has 0 amide bonds. The molecule has 0 bridgehead atoms. The number of rotatable bonds is 7. The first-order valence-corrected chi connectivity index (χ1v) is 6.08. The Bertz CT molecular complexity index is 386. The van der Waals surface area contributed by atoms with Gasteiger partial charge in [-0.2, -0.15) is 13.2 Å². The predicted molar refractivity (Wildman–Crippen MR) is 73.4 cm³/mol. The molecule has 116 valence electrons.